The first-order valence-electron chi connectivity index (χ1n) is 8.78. The summed E-state index contributed by atoms with van der Waals surface area (Å²) in [6.07, 6.45) is 0. The van der Waals surface area contributed by atoms with Gasteiger partial charge in [0.1, 0.15) is 10.7 Å². The highest BCUT2D eigenvalue weighted by atomic mass is 32.2. The number of amides is 2. The molecular weight excluding hydrogens is 360 g/mol. The summed E-state index contributed by atoms with van der Waals surface area (Å²) >= 11 is 1.49. The minimum absolute atomic E-state index is 0.0867. The Morgan fingerprint density at radius 1 is 1.04 bits per heavy atom. The summed E-state index contributed by atoms with van der Waals surface area (Å²) in [6.45, 7) is 4.36. The van der Waals surface area contributed by atoms with E-state index < -0.39 is 0 Å². The second kappa shape index (κ2) is 8.77. The minimum Gasteiger partial charge on any atom is -0.496 e. The SMILES string of the molecule is CC1=C(C(=O)Nc2ccc(C(=O)N[C@@H](C)c3ccccc3)cc2)SCCO1. The number of carbonyl (C=O) groups is 2. The van der Waals surface area contributed by atoms with E-state index in [1.807, 2.05) is 37.3 Å². The average molecular weight is 382 g/mol. The lowest BCUT2D eigenvalue weighted by Crippen LogP contribution is -2.26. The van der Waals surface area contributed by atoms with E-state index in [1.54, 1.807) is 31.2 Å². The monoisotopic (exact) mass is 382 g/mol. The molecule has 1 aliphatic rings. The van der Waals surface area contributed by atoms with Crippen LogP contribution in [-0.2, 0) is 9.53 Å². The fourth-order valence-electron chi connectivity index (χ4n) is 2.73. The zero-order valence-electron chi connectivity index (χ0n) is 15.3. The summed E-state index contributed by atoms with van der Waals surface area (Å²) in [5.74, 6) is 1.07. The number of thioether (sulfide) groups is 1. The van der Waals surface area contributed by atoms with E-state index >= 15 is 0 Å². The lowest BCUT2D eigenvalue weighted by atomic mass is 10.1. The first-order chi connectivity index (χ1) is 13.0. The van der Waals surface area contributed by atoms with Crippen LogP contribution in [0.2, 0.25) is 0 Å². The molecule has 0 bridgehead atoms. The summed E-state index contributed by atoms with van der Waals surface area (Å²) in [7, 11) is 0. The van der Waals surface area contributed by atoms with Gasteiger partial charge >= 0.3 is 0 Å². The Morgan fingerprint density at radius 3 is 2.41 bits per heavy atom. The maximum atomic E-state index is 12.4. The van der Waals surface area contributed by atoms with Crippen molar-refractivity contribution in [2.24, 2.45) is 0 Å². The normalized spacial score (nSPS) is 14.9. The number of nitrogens with one attached hydrogen (secondary N) is 2. The molecule has 2 N–H and O–H groups in total. The van der Waals surface area contributed by atoms with Crippen molar-refractivity contribution in [3.63, 3.8) is 0 Å². The minimum atomic E-state index is -0.188. The van der Waals surface area contributed by atoms with E-state index in [-0.39, 0.29) is 17.9 Å². The quantitative estimate of drug-likeness (QED) is 0.817. The van der Waals surface area contributed by atoms with E-state index in [1.165, 1.54) is 11.8 Å². The summed E-state index contributed by atoms with van der Waals surface area (Å²) in [5.41, 5.74) is 2.23. The Balaban J connectivity index is 1.61. The molecule has 27 heavy (non-hydrogen) atoms. The van der Waals surface area contributed by atoms with E-state index in [0.29, 0.717) is 28.5 Å². The molecule has 2 amide bonds. The van der Waals surface area contributed by atoms with Crippen molar-refractivity contribution in [3.05, 3.63) is 76.4 Å². The second-order valence-electron chi connectivity index (χ2n) is 6.22. The van der Waals surface area contributed by atoms with Crippen LogP contribution >= 0.6 is 11.8 Å². The number of ether oxygens (including phenoxy) is 1. The Bertz CT molecular complexity index is 847. The molecule has 0 radical (unpaired) electrons. The summed E-state index contributed by atoms with van der Waals surface area (Å²) in [6, 6.07) is 16.6. The van der Waals surface area contributed by atoms with Gasteiger partial charge in [-0.05, 0) is 43.7 Å². The fourth-order valence-corrected chi connectivity index (χ4v) is 3.54. The van der Waals surface area contributed by atoms with Crippen LogP contribution in [0.15, 0.2) is 65.3 Å². The zero-order chi connectivity index (χ0) is 19.2. The van der Waals surface area contributed by atoms with Crippen LogP contribution in [0.3, 0.4) is 0 Å². The third kappa shape index (κ3) is 4.92. The molecule has 1 aliphatic heterocycles. The number of anilines is 1. The van der Waals surface area contributed by atoms with Crippen molar-refractivity contribution in [1.29, 1.82) is 0 Å². The van der Waals surface area contributed by atoms with E-state index in [4.69, 9.17) is 4.74 Å². The van der Waals surface area contributed by atoms with Crippen LogP contribution in [0.4, 0.5) is 5.69 Å². The number of carbonyl (C=O) groups excluding carboxylic acids is 2. The third-order valence-corrected chi connectivity index (χ3v) is 5.36. The van der Waals surface area contributed by atoms with Gasteiger partial charge in [-0.2, -0.15) is 0 Å². The number of hydrogen-bond acceptors (Lipinski definition) is 4. The predicted octanol–water partition coefficient (Wildman–Crippen LogP) is 4.11. The van der Waals surface area contributed by atoms with E-state index in [9.17, 15) is 9.59 Å². The van der Waals surface area contributed by atoms with Crippen LogP contribution in [0.5, 0.6) is 0 Å². The van der Waals surface area contributed by atoms with Gasteiger partial charge in [-0.15, -0.1) is 11.8 Å². The first-order valence-corrected chi connectivity index (χ1v) is 9.77. The average Bonchev–Trinajstić information content (AvgIpc) is 2.69. The van der Waals surface area contributed by atoms with Crippen LogP contribution in [0, 0.1) is 0 Å². The van der Waals surface area contributed by atoms with Gasteiger partial charge < -0.3 is 15.4 Å². The van der Waals surface area contributed by atoms with Crippen molar-refractivity contribution in [2.45, 2.75) is 19.9 Å². The second-order valence-corrected chi connectivity index (χ2v) is 7.32. The Hall–Kier alpha value is -2.73. The highest BCUT2D eigenvalue weighted by molar-refractivity contribution is 8.04. The van der Waals surface area contributed by atoms with Gasteiger partial charge in [0.05, 0.1) is 12.6 Å². The van der Waals surface area contributed by atoms with Crippen LogP contribution < -0.4 is 10.6 Å². The maximum Gasteiger partial charge on any atom is 0.265 e. The van der Waals surface area contributed by atoms with Gasteiger partial charge in [-0.3, -0.25) is 9.59 Å². The summed E-state index contributed by atoms with van der Waals surface area (Å²) in [4.78, 5) is 25.4. The van der Waals surface area contributed by atoms with Crippen molar-refractivity contribution in [1.82, 2.24) is 5.32 Å². The molecule has 0 saturated carbocycles. The van der Waals surface area contributed by atoms with Crippen LogP contribution in [0.25, 0.3) is 0 Å². The van der Waals surface area contributed by atoms with Gasteiger partial charge in [-0.25, -0.2) is 0 Å². The molecule has 0 aromatic heterocycles. The van der Waals surface area contributed by atoms with Gasteiger partial charge in [-0.1, -0.05) is 30.3 Å². The molecule has 140 valence electrons. The Labute approximate surface area is 163 Å². The van der Waals surface area contributed by atoms with E-state index in [0.717, 1.165) is 11.3 Å². The van der Waals surface area contributed by atoms with Gasteiger partial charge in [0, 0.05) is 17.0 Å². The smallest absolute Gasteiger partial charge is 0.265 e. The number of benzene rings is 2. The van der Waals surface area contributed by atoms with Crippen molar-refractivity contribution >= 4 is 29.3 Å². The van der Waals surface area contributed by atoms with Gasteiger partial charge in [0.2, 0.25) is 0 Å². The third-order valence-electron chi connectivity index (χ3n) is 4.23. The largest absolute Gasteiger partial charge is 0.496 e. The number of rotatable bonds is 5. The van der Waals surface area contributed by atoms with Gasteiger partial charge in [0.15, 0.2) is 0 Å². The van der Waals surface area contributed by atoms with Crippen molar-refractivity contribution in [2.75, 3.05) is 17.7 Å². The lowest BCUT2D eigenvalue weighted by Gasteiger charge is -2.18. The molecule has 2 aromatic rings. The molecule has 6 heteroatoms. The molecule has 1 atom stereocenters. The van der Waals surface area contributed by atoms with Crippen molar-refractivity contribution < 1.29 is 14.3 Å². The maximum absolute atomic E-state index is 12.4. The standard InChI is InChI=1S/C21H22N2O3S/c1-14(16-6-4-3-5-7-16)22-20(24)17-8-10-18(11-9-17)23-21(25)19-15(2)26-12-13-27-19/h3-11,14H,12-13H2,1-2H3,(H,22,24)(H,23,25)/t14-/m0/s1. The molecule has 5 nitrogen and oxygen atoms in total. The van der Waals surface area contributed by atoms with Crippen LogP contribution in [0.1, 0.15) is 35.8 Å². The topological polar surface area (TPSA) is 67.4 Å². The molecule has 0 fully saturated rings. The predicted molar refractivity (Wildman–Crippen MR) is 109 cm³/mol. The highest BCUT2D eigenvalue weighted by Crippen LogP contribution is 2.26. The summed E-state index contributed by atoms with van der Waals surface area (Å²) < 4.78 is 5.42. The number of hydrogen-bond donors (Lipinski definition) is 2. The zero-order valence-corrected chi connectivity index (χ0v) is 16.1. The molecule has 0 spiro atoms. The lowest BCUT2D eigenvalue weighted by molar-refractivity contribution is -0.112. The van der Waals surface area contributed by atoms with Crippen molar-refractivity contribution in [3.8, 4) is 0 Å². The Kier molecular flexibility index (Phi) is 6.19. The summed E-state index contributed by atoms with van der Waals surface area (Å²) in [5, 5.41) is 5.82. The van der Waals surface area contributed by atoms with E-state index in [2.05, 4.69) is 10.6 Å². The molecule has 2 aromatic carbocycles. The highest BCUT2D eigenvalue weighted by Gasteiger charge is 2.19. The fraction of sp³-hybridized carbons (Fsp3) is 0.238. The molecule has 1 heterocycles. The molecule has 0 unspecified atom stereocenters. The molecular formula is C21H22N2O3S. The van der Waals surface area contributed by atoms with Crippen LogP contribution in [-0.4, -0.2) is 24.2 Å². The Morgan fingerprint density at radius 2 is 1.74 bits per heavy atom. The number of allylic oxidation sites excluding steroid dienone is 1. The first kappa shape index (κ1) is 19.0. The van der Waals surface area contributed by atoms with Gasteiger partial charge in [0.25, 0.3) is 11.8 Å². The molecule has 3 rings (SSSR count). The molecule has 0 saturated heterocycles. The molecule has 0 aliphatic carbocycles.